The minimum absolute atomic E-state index is 0.0639. The van der Waals surface area contributed by atoms with E-state index in [-0.39, 0.29) is 17.7 Å². The summed E-state index contributed by atoms with van der Waals surface area (Å²) in [6, 6.07) is 6.79. The van der Waals surface area contributed by atoms with E-state index in [1.807, 2.05) is 17.0 Å². The van der Waals surface area contributed by atoms with Crippen LogP contribution >= 0.6 is 0 Å². The number of anilines is 1. The third-order valence-corrected chi connectivity index (χ3v) is 3.85. The van der Waals surface area contributed by atoms with E-state index < -0.39 is 0 Å². The van der Waals surface area contributed by atoms with E-state index in [0.29, 0.717) is 19.0 Å². The van der Waals surface area contributed by atoms with E-state index in [1.54, 1.807) is 12.1 Å². The molecule has 5 heteroatoms. The molecule has 0 bridgehead atoms. The molecule has 0 aliphatic carbocycles. The number of phenolic OH excluding ortho intramolecular Hbond substituents is 1. The van der Waals surface area contributed by atoms with E-state index >= 15 is 0 Å². The zero-order chi connectivity index (χ0) is 15.4. The van der Waals surface area contributed by atoms with Crippen molar-refractivity contribution in [3.05, 3.63) is 24.3 Å². The van der Waals surface area contributed by atoms with E-state index in [2.05, 4.69) is 18.7 Å². The maximum Gasteiger partial charge on any atom is 0.239 e. The van der Waals surface area contributed by atoms with Gasteiger partial charge in [0.15, 0.2) is 0 Å². The number of phenols is 1. The summed E-state index contributed by atoms with van der Waals surface area (Å²) < 4.78 is 0. The molecule has 0 spiro atoms. The molecule has 1 fully saturated rings. The number of amides is 1. The molecule has 1 unspecified atom stereocenters. The quantitative estimate of drug-likeness (QED) is 0.880. The average molecular weight is 291 g/mol. The molecule has 116 valence electrons. The number of nitrogens with two attached hydrogens (primary N) is 1. The number of hydrogen-bond acceptors (Lipinski definition) is 4. The van der Waals surface area contributed by atoms with E-state index in [0.717, 1.165) is 25.2 Å². The molecule has 1 aliphatic rings. The fourth-order valence-electron chi connectivity index (χ4n) is 2.69. The van der Waals surface area contributed by atoms with Crippen molar-refractivity contribution in [3.63, 3.8) is 0 Å². The highest BCUT2D eigenvalue weighted by Gasteiger charge is 2.25. The first-order chi connectivity index (χ1) is 9.97. The zero-order valence-electron chi connectivity index (χ0n) is 12.8. The average Bonchev–Trinajstić information content (AvgIpc) is 2.47. The molecule has 1 heterocycles. The van der Waals surface area contributed by atoms with Crippen LogP contribution < -0.4 is 10.6 Å². The van der Waals surface area contributed by atoms with Gasteiger partial charge >= 0.3 is 0 Å². The Morgan fingerprint density at radius 2 is 1.76 bits per heavy atom. The van der Waals surface area contributed by atoms with Gasteiger partial charge in [-0.2, -0.15) is 0 Å². The van der Waals surface area contributed by atoms with Crippen LogP contribution in [0.25, 0.3) is 0 Å². The molecule has 5 nitrogen and oxygen atoms in total. The molecule has 1 amide bonds. The number of aromatic hydroxyl groups is 1. The molecule has 1 atom stereocenters. The summed E-state index contributed by atoms with van der Waals surface area (Å²) in [7, 11) is 0. The number of carbonyl (C=O) groups is 1. The van der Waals surface area contributed by atoms with Crippen molar-refractivity contribution < 1.29 is 9.90 Å². The standard InChI is InChI=1S/C16H25N3O2/c1-12(2)11-15(17)16(21)19-9-7-18(8-10-19)13-3-5-14(20)6-4-13/h3-6,12,15,20H,7-11,17H2,1-2H3. The van der Waals surface area contributed by atoms with Crippen molar-refractivity contribution in [1.29, 1.82) is 0 Å². The maximum atomic E-state index is 12.3. The van der Waals surface area contributed by atoms with Gasteiger partial charge < -0.3 is 20.6 Å². The van der Waals surface area contributed by atoms with Gasteiger partial charge in [0.1, 0.15) is 5.75 Å². The van der Waals surface area contributed by atoms with Gasteiger partial charge in [-0.05, 0) is 36.6 Å². The molecular formula is C16H25N3O2. The van der Waals surface area contributed by atoms with Crippen LogP contribution in [0, 0.1) is 5.92 Å². The van der Waals surface area contributed by atoms with Crippen molar-refractivity contribution >= 4 is 11.6 Å². The fourth-order valence-corrected chi connectivity index (χ4v) is 2.69. The first-order valence-electron chi connectivity index (χ1n) is 7.55. The van der Waals surface area contributed by atoms with E-state index in [1.165, 1.54) is 0 Å². The minimum Gasteiger partial charge on any atom is -0.508 e. The summed E-state index contributed by atoms with van der Waals surface area (Å²) in [4.78, 5) is 16.4. The summed E-state index contributed by atoms with van der Waals surface area (Å²) in [5, 5.41) is 9.32. The molecule has 0 aromatic heterocycles. The summed E-state index contributed by atoms with van der Waals surface area (Å²) >= 11 is 0. The topological polar surface area (TPSA) is 69.8 Å². The molecule has 1 aromatic rings. The van der Waals surface area contributed by atoms with E-state index in [4.69, 9.17) is 5.73 Å². The number of benzene rings is 1. The van der Waals surface area contributed by atoms with Crippen LogP contribution in [-0.2, 0) is 4.79 Å². The second-order valence-corrected chi connectivity index (χ2v) is 6.06. The van der Waals surface area contributed by atoms with Crippen LogP contribution in [0.1, 0.15) is 20.3 Å². The van der Waals surface area contributed by atoms with Crippen molar-refractivity contribution in [3.8, 4) is 5.75 Å². The second kappa shape index (κ2) is 6.80. The van der Waals surface area contributed by atoms with Gasteiger partial charge in [-0.3, -0.25) is 4.79 Å². The minimum atomic E-state index is -0.384. The molecule has 0 radical (unpaired) electrons. The lowest BCUT2D eigenvalue weighted by atomic mass is 10.0. The number of rotatable bonds is 4. The van der Waals surface area contributed by atoms with Crippen LogP contribution in [0.3, 0.4) is 0 Å². The van der Waals surface area contributed by atoms with Gasteiger partial charge in [0, 0.05) is 31.9 Å². The normalized spacial score (nSPS) is 17.1. The van der Waals surface area contributed by atoms with Crippen molar-refractivity contribution in [2.24, 2.45) is 11.7 Å². The smallest absolute Gasteiger partial charge is 0.239 e. The summed E-state index contributed by atoms with van der Waals surface area (Å²) in [6.07, 6.45) is 0.733. The predicted octanol–water partition coefficient (Wildman–Crippen LogP) is 1.41. The molecule has 0 saturated carbocycles. The fraction of sp³-hybridized carbons (Fsp3) is 0.562. The Labute approximate surface area is 126 Å². The van der Waals surface area contributed by atoms with Crippen molar-refractivity contribution in [1.82, 2.24) is 4.90 Å². The molecule has 21 heavy (non-hydrogen) atoms. The summed E-state index contributed by atoms with van der Waals surface area (Å²) in [5.41, 5.74) is 7.05. The third kappa shape index (κ3) is 4.11. The van der Waals surface area contributed by atoms with Crippen LogP contribution in [0.15, 0.2) is 24.3 Å². The monoisotopic (exact) mass is 291 g/mol. The lowest BCUT2D eigenvalue weighted by Gasteiger charge is -2.37. The van der Waals surface area contributed by atoms with Gasteiger partial charge in [-0.25, -0.2) is 0 Å². The molecule has 1 saturated heterocycles. The number of carbonyl (C=O) groups excluding carboxylic acids is 1. The zero-order valence-corrected chi connectivity index (χ0v) is 12.8. The second-order valence-electron chi connectivity index (χ2n) is 6.06. The van der Waals surface area contributed by atoms with E-state index in [9.17, 15) is 9.90 Å². The van der Waals surface area contributed by atoms with Crippen LogP contribution in [-0.4, -0.2) is 48.1 Å². The first-order valence-corrected chi connectivity index (χ1v) is 7.55. The Hall–Kier alpha value is -1.75. The Morgan fingerprint density at radius 1 is 1.19 bits per heavy atom. The lowest BCUT2D eigenvalue weighted by molar-refractivity contribution is -0.133. The predicted molar refractivity (Wildman–Crippen MR) is 84.3 cm³/mol. The highest BCUT2D eigenvalue weighted by molar-refractivity contribution is 5.82. The van der Waals surface area contributed by atoms with Crippen LogP contribution in [0.2, 0.25) is 0 Å². The van der Waals surface area contributed by atoms with Gasteiger partial charge in [0.2, 0.25) is 5.91 Å². The SMILES string of the molecule is CC(C)CC(N)C(=O)N1CCN(c2ccc(O)cc2)CC1. The first kappa shape index (κ1) is 15.6. The maximum absolute atomic E-state index is 12.3. The summed E-state index contributed by atoms with van der Waals surface area (Å²) in [5.74, 6) is 0.767. The van der Waals surface area contributed by atoms with Gasteiger partial charge in [0.25, 0.3) is 0 Å². The van der Waals surface area contributed by atoms with Crippen LogP contribution in [0.5, 0.6) is 5.75 Å². The molecule has 2 rings (SSSR count). The number of nitrogens with zero attached hydrogens (tertiary/aromatic N) is 2. The van der Waals surface area contributed by atoms with Crippen LogP contribution in [0.4, 0.5) is 5.69 Å². The highest BCUT2D eigenvalue weighted by Crippen LogP contribution is 2.20. The number of hydrogen-bond donors (Lipinski definition) is 2. The largest absolute Gasteiger partial charge is 0.508 e. The van der Waals surface area contributed by atoms with Crippen molar-refractivity contribution in [2.75, 3.05) is 31.1 Å². The van der Waals surface area contributed by atoms with Gasteiger partial charge in [0.05, 0.1) is 6.04 Å². The third-order valence-electron chi connectivity index (χ3n) is 3.85. The molecular weight excluding hydrogens is 266 g/mol. The Bertz CT molecular complexity index is 465. The lowest BCUT2D eigenvalue weighted by Crippen LogP contribution is -2.53. The Kier molecular flexibility index (Phi) is 5.07. The Morgan fingerprint density at radius 3 is 2.29 bits per heavy atom. The van der Waals surface area contributed by atoms with Gasteiger partial charge in [-0.15, -0.1) is 0 Å². The van der Waals surface area contributed by atoms with Crippen molar-refractivity contribution in [2.45, 2.75) is 26.3 Å². The molecule has 3 N–H and O–H groups in total. The Balaban J connectivity index is 1.88. The molecule has 1 aliphatic heterocycles. The molecule has 1 aromatic carbocycles. The number of piperazine rings is 1. The highest BCUT2D eigenvalue weighted by atomic mass is 16.3. The summed E-state index contributed by atoms with van der Waals surface area (Å²) in [6.45, 7) is 7.15. The van der Waals surface area contributed by atoms with Gasteiger partial charge in [-0.1, -0.05) is 13.8 Å².